The van der Waals surface area contributed by atoms with Crippen LogP contribution in [0.1, 0.15) is 108 Å². The molecule has 4 aromatic carbocycles. The Bertz CT molecular complexity index is 5360. The molecule has 124 heavy (non-hydrogen) atoms. The maximum absolute atomic E-state index is 15.1. The van der Waals surface area contributed by atoms with Gasteiger partial charge in [-0.15, -0.1) is 0 Å². The number of halogens is 5. The Hall–Kier alpha value is -11.2. The largest absolute Gasteiger partial charge is 0.489 e. The van der Waals surface area contributed by atoms with E-state index in [4.69, 9.17) is 60.5 Å². The molecule has 4 unspecified atom stereocenters. The van der Waals surface area contributed by atoms with Gasteiger partial charge in [0.15, 0.2) is 0 Å². The van der Waals surface area contributed by atoms with Crippen molar-refractivity contribution in [1.29, 1.82) is 15.8 Å². The summed E-state index contributed by atoms with van der Waals surface area (Å²) in [4.78, 5) is 81.6. The minimum absolute atomic E-state index is 0.0370. The van der Waals surface area contributed by atoms with E-state index < -0.39 is 41.4 Å². The number of nitrogens with zero attached hydrogens (tertiary/aromatic N) is 21. The van der Waals surface area contributed by atoms with Crippen molar-refractivity contribution in [3.8, 4) is 42.0 Å². The van der Waals surface area contributed by atoms with Crippen LogP contribution in [-0.4, -0.2) is 263 Å². The Labute approximate surface area is 725 Å². The van der Waals surface area contributed by atoms with E-state index in [0.29, 0.717) is 165 Å². The van der Waals surface area contributed by atoms with Gasteiger partial charge in [0, 0.05) is 161 Å². The predicted molar refractivity (Wildman–Crippen MR) is 463 cm³/mol. The van der Waals surface area contributed by atoms with Crippen molar-refractivity contribution in [3.05, 3.63) is 166 Å². The maximum Gasteiger partial charge on any atom is 0.421 e. The standard InChI is InChI=1S/C91H106ClF4N21O7/c1-9-80(118)115-39-36-112(47-59(115)23-29-97)84-69-26-33-109(77-22-21-66(67-17-12-13-18-68(67)77)58-45-90(5,108(8)46-58)56-123-89-102-75-52-110(78-20-14-19-73(93)83(78)91(94,95)96)34-27-70(75)86(105-89)114-38-41-117(82(120)11-3)61(49-114)25-31-99)51-74(69)100-88(104-84)122-55-63-42-65(50-107(63)7)124-64-43-72(92)57(4)79(44-64)111-35-28-71-76(53-111)101-87(121-54-62-16-15-32-106(62)6)103-85(71)113-37-40-116(81(119)10-2)60(48-113)24-30-98/h9-14,17-22,43-44,58-63,65,82,120H,1-3,15-16,23-28,32-42,45-56H2,4-8H3/t58?,59?,60-,61?,62-,63-,65-,82?,90+/m0/s1. The summed E-state index contributed by atoms with van der Waals surface area (Å²) in [6.45, 7) is 24.4. The summed E-state index contributed by atoms with van der Waals surface area (Å²) in [5, 5.41) is 43.6. The predicted octanol–water partition coefficient (Wildman–Crippen LogP) is 10.4. The van der Waals surface area contributed by atoms with E-state index in [-0.39, 0.29) is 112 Å². The van der Waals surface area contributed by atoms with Gasteiger partial charge in [-0.25, -0.2) is 4.39 Å². The van der Waals surface area contributed by atoms with Crippen molar-refractivity contribution >= 4 is 68.7 Å². The number of carbonyl (C=O) groups is 2. The van der Waals surface area contributed by atoms with Crippen molar-refractivity contribution in [2.45, 2.75) is 158 Å². The maximum atomic E-state index is 15.1. The number of anilines is 6. The lowest BCUT2D eigenvalue weighted by Gasteiger charge is -2.43. The van der Waals surface area contributed by atoms with Gasteiger partial charge in [0.05, 0.1) is 97.5 Å². The fraction of sp³-hybridized carbons (Fsp3) is 0.505. The molecule has 9 atom stereocenters. The van der Waals surface area contributed by atoms with E-state index in [0.717, 1.165) is 87.1 Å². The summed E-state index contributed by atoms with van der Waals surface area (Å²) in [6, 6.07) is 26.6. The number of rotatable bonds is 25. The first-order valence-corrected chi connectivity index (χ1v) is 43.3. The molecule has 7 aromatic rings. The summed E-state index contributed by atoms with van der Waals surface area (Å²) in [6.07, 6.45) is 3.12. The third-order valence-corrected chi connectivity index (χ3v) is 27.3. The average Bonchev–Trinajstić information content (AvgIpc) is 1.33. The number of likely N-dealkylation sites (N-methyl/N-ethyl adjacent to an activating group) is 3. The van der Waals surface area contributed by atoms with Gasteiger partial charge in [-0.05, 0) is 145 Å². The van der Waals surface area contributed by atoms with Gasteiger partial charge in [0.1, 0.15) is 66.7 Å². The van der Waals surface area contributed by atoms with Crippen molar-refractivity contribution in [3.63, 3.8) is 0 Å². The van der Waals surface area contributed by atoms with Gasteiger partial charge in [0.25, 0.3) is 0 Å². The molecule has 28 nitrogen and oxygen atoms in total. The van der Waals surface area contributed by atoms with E-state index in [2.05, 4.69) is 143 Å². The van der Waals surface area contributed by atoms with Crippen LogP contribution >= 0.6 is 11.6 Å². The molecule has 652 valence electrons. The number of likely N-dealkylation sites (tertiary alicyclic amines) is 3. The van der Waals surface area contributed by atoms with Gasteiger partial charge >= 0.3 is 24.2 Å². The van der Waals surface area contributed by atoms with Crippen LogP contribution in [0.3, 0.4) is 0 Å². The zero-order valence-electron chi connectivity index (χ0n) is 70.9. The lowest BCUT2D eigenvalue weighted by Crippen LogP contribution is -2.56. The SMILES string of the molecule is C=CC(=O)N1CCN(c2nc(OC[C@@H]3C[C@H](Oc4cc(Cl)c(C)c(N5CCc6c(nc(OC[C@@H]7CCCN7C)nc6N6CCN(C(=O)C=C)[C@@H](CC#N)C6)C5)c4)CN3C)nc3c2CCN(c2ccc(C4CN(C)[C@@](C)(COc5nc6c(c(N7CCN(C(O)C=C)C(CC#N)C7)n5)CCN(c5cccc(F)c5C(F)(F)F)C6)C4)c4ccccc24)C3)CC1CC#N. The van der Waals surface area contributed by atoms with Crippen LogP contribution < -0.4 is 48.3 Å². The lowest BCUT2D eigenvalue weighted by atomic mass is 9.87. The zero-order chi connectivity index (χ0) is 87.0. The van der Waals surface area contributed by atoms with Crippen LogP contribution in [0, 0.1) is 46.7 Å². The average molecular weight is 1720 g/mol. The zero-order valence-corrected chi connectivity index (χ0v) is 71.7. The number of amides is 2. The monoisotopic (exact) mass is 1720 g/mol. The molecule has 3 aromatic heterocycles. The molecule has 6 fully saturated rings. The van der Waals surface area contributed by atoms with Gasteiger partial charge in [0.2, 0.25) is 11.8 Å². The second kappa shape index (κ2) is 36.6. The molecule has 0 saturated carbocycles. The highest BCUT2D eigenvalue weighted by atomic mass is 35.5. The Morgan fingerprint density at radius 2 is 1.14 bits per heavy atom. The summed E-state index contributed by atoms with van der Waals surface area (Å²) in [5.41, 5.74) is 6.61. The molecule has 0 spiro atoms. The Kier molecular flexibility index (Phi) is 25.5. The molecule has 16 rings (SSSR count). The molecule has 33 heteroatoms. The minimum Gasteiger partial charge on any atom is -0.489 e. The second-order valence-corrected chi connectivity index (χ2v) is 34.9. The summed E-state index contributed by atoms with van der Waals surface area (Å²) in [5.74, 6) is 0.897. The summed E-state index contributed by atoms with van der Waals surface area (Å²) < 4.78 is 85.8. The number of carbonyl (C=O) groups excluding carboxylic acids is 2. The highest BCUT2D eigenvalue weighted by Crippen LogP contribution is 2.47. The first-order chi connectivity index (χ1) is 59.8. The third-order valence-electron chi connectivity index (χ3n) is 26.9. The highest BCUT2D eigenvalue weighted by Gasteiger charge is 2.46. The molecule has 0 aliphatic carbocycles. The number of benzene rings is 4. The van der Waals surface area contributed by atoms with Crippen molar-refractivity contribution < 1.29 is 51.2 Å². The second-order valence-electron chi connectivity index (χ2n) is 34.5. The van der Waals surface area contributed by atoms with Crippen molar-refractivity contribution in [2.75, 3.05) is 169 Å². The number of nitriles is 3. The van der Waals surface area contributed by atoms with E-state index in [9.17, 15) is 43.7 Å². The van der Waals surface area contributed by atoms with E-state index in [1.54, 1.807) is 9.80 Å². The number of aromatic nitrogens is 6. The molecule has 9 aliphatic heterocycles. The third kappa shape index (κ3) is 17.7. The van der Waals surface area contributed by atoms with Crippen LogP contribution in [0.4, 0.5) is 52.1 Å². The summed E-state index contributed by atoms with van der Waals surface area (Å²) in [7, 11) is 6.24. The first kappa shape index (κ1) is 86.3. The van der Waals surface area contributed by atoms with Crippen molar-refractivity contribution in [2.24, 2.45) is 0 Å². The molecule has 0 radical (unpaired) electrons. The number of aliphatic hydroxyl groups excluding tert-OH is 1. The number of aliphatic hydroxyl groups is 1. The molecule has 1 N–H and O–H groups in total. The first-order valence-electron chi connectivity index (χ1n) is 42.9. The van der Waals surface area contributed by atoms with Crippen LogP contribution in [0.5, 0.6) is 23.8 Å². The highest BCUT2D eigenvalue weighted by molar-refractivity contribution is 6.32. The topological polar surface area (TPSA) is 279 Å². The minimum atomic E-state index is -4.96. The van der Waals surface area contributed by atoms with E-state index in [1.165, 1.54) is 40.8 Å². The Morgan fingerprint density at radius 3 is 1.69 bits per heavy atom. The van der Waals surface area contributed by atoms with Crippen LogP contribution in [0.25, 0.3) is 10.8 Å². The van der Waals surface area contributed by atoms with Crippen LogP contribution in [0.15, 0.2) is 105 Å². The fourth-order valence-electron chi connectivity index (χ4n) is 20.0. The van der Waals surface area contributed by atoms with E-state index in [1.807, 2.05) is 22.8 Å². The fourth-order valence-corrected chi connectivity index (χ4v) is 20.2. The molecule has 12 heterocycles. The van der Waals surface area contributed by atoms with Crippen molar-refractivity contribution in [1.82, 2.24) is 59.3 Å². The lowest BCUT2D eigenvalue weighted by molar-refractivity contribution is -0.139. The van der Waals surface area contributed by atoms with Crippen LogP contribution in [0.2, 0.25) is 5.02 Å². The molecular weight excluding hydrogens is 1610 g/mol. The van der Waals surface area contributed by atoms with Gasteiger partial charge in [-0.1, -0.05) is 67.7 Å². The summed E-state index contributed by atoms with van der Waals surface area (Å²) >= 11 is 7.18. The Balaban J connectivity index is 0.623. The van der Waals surface area contributed by atoms with Crippen LogP contribution in [-0.2, 0) is 54.7 Å². The number of ether oxygens (including phenoxy) is 4. The van der Waals surface area contributed by atoms with Gasteiger partial charge in [-0.3, -0.25) is 24.3 Å². The van der Waals surface area contributed by atoms with E-state index >= 15 is 4.39 Å². The van der Waals surface area contributed by atoms with Gasteiger partial charge in [-0.2, -0.15) is 58.9 Å². The Morgan fingerprint density at radius 1 is 0.605 bits per heavy atom. The number of hydrogen-bond acceptors (Lipinski definition) is 26. The van der Waals surface area contributed by atoms with Gasteiger partial charge < -0.3 is 68.2 Å². The quantitative estimate of drug-likeness (QED) is 0.0316. The molecule has 9 aliphatic rings. The molecule has 0 bridgehead atoms. The molecule has 2 amide bonds. The molecular formula is C91H106ClF4N21O7. The normalized spacial score (nSPS) is 23.6. The number of alkyl halides is 3. The number of fused-ring (bicyclic) bond motifs is 4. The molecule has 6 saturated heterocycles. The number of hydrogen-bond donors (Lipinski definition) is 1. The number of piperazine rings is 3. The smallest absolute Gasteiger partial charge is 0.421 e.